The van der Waals surface area contributed by atoms with Crippen LogP contribution in [0.3, 0.4) is 0 Å². The van der Waals surface area contributed by atoms with Gasteiger partial charge in [0.2, 0.25) is 0 Å². The molecule has 1 fully saturated rings. The number of nitriles is 1. The van der Waals surface area contributed by atoms with Gasteiger partial charge < -0.3 is 9.30 Å². The molecular formula is C16H14N2O2. The van der Waals surface area contributed by atoms with Gasteiger partial charge in [-0.15, -0.1) is 0 Å². The smallest absolute Gasteiger partial charge is 0.269 e. The van der Waals surface area contributed by atoms with E-state index in [-0.39, 0.29) is 17.2 Å². The molecule has 0 amide bonds. The largest absolute Gasteiger partial charge is 0.497 e. The van der Waals surface area contributed by atoms with Gasteiger partial charge in [0.1, 0.15) is 17.4 Å². The summed E-state index contributed by atoms with van der Waals surface area (Å²) in [5, 5.41) is 8.99. The summed E-state index contributed by atoms with van der Waals surface area (Å²) in [4.78, 5) is 12.3. The fourth-order valence-corrected chi connectivity index (χ4v) is 2.33. The Bertz CT molecular complexity index is 735. The zero-order valence-electron chi connectivity index (χ0n) is 11.2. The fraction of sp³-hybridized carbons (Fsp3) is 0.250. The lowest BCUT2D eigenvalue weighted by atomic mass is 10.1. The highest BCUT2D eigenvalue weighted by molar-refractivity contribution is 5.61. The van der Waals surface area contributed by atoms with Gasteiger partial charge in [-0.2, -0.15) is 5.26 Å². The van der Waals surface area contributed by atoms with Crippen LogP contribution in [0.2, 0.25) is 0 Å². The van der Waals surface area contributed by atoms with E-state index in [1.54, 1.807) is 17.7 Å². The Balaban J connectivity index is 2.15. The van der Waals surface area contributed by atoms with E-state index in [0.717, 1.165) is 29.8 Å². The van der Waals surface area contributed by atoms with E-state index in [0.29, 0.717) is 0 Å². The minimum absolute atomic E-state index is 0.191. The molecule has 4 nitrogen and oxygen atoms in total. The lowest BCUT2D eigenvalue weighted by Crippen LogP contribution is -2.23. The van der Waals surface area contributed by atoms with Crippen molar-refractivity contribution in [2.24, 2.45) is 0 Å². The molecule has 1 aromatic heterocycles. The van der Waals surface area contributed by atoms with Crippen molar-refractivity contribution in [3.63, 3.8) is 0 Å². The number of hydrogen-bond donors (Lipinski definition) is 0. The topological polar surface area (TPSA) is 55.0 Å². The van der Waals surface area contributed by atoms with Crippen LogP contribution < -0.4 is 10.3 Å². The van der Waals surface area contributed by atoms with Crippen molar-refractivity contribution >= 4 is 0 Å². The summed E-state index contributed by atoms with van der Waals surface area (Å²) in [5.41, 5.74) is 1.83. The van der Waals surface area contributed by atoms with Crippen molar-refractivity contribution in [2.45, 2.75) is 18.9 Å². The van der Waals surface area contributed by atoms with Gasteiger partial charge in [0, 0.05) is 6.04 Å². The molecule has 0 unspecified atom stereocenters. The van der Waals surface area contributed by atoms with Crippen LogP contribution in [0.15, 0.2) is 41.2 Å². The van der Waals surface area contributed by atoms with Gasteiger partial charge in [-0.1, -0.05) is 0 Å². The Morgan fingerprint density at radius 3 is 2.45 bits per heavy atom. The van der Waals surface area contributed by atoms with Crippen molar-refractivity contribution in [3.05, 3.63) is 52.3 Å². The molecule has 4 heteroatoms. The quantitative estimate of drug-likeness (QED) is 0.858. The molecule has 0 aliphatic heterocycles. The first kappa shape index (κ1) is 12.5. The summed E-state index contributed by atoms with van der Waals surface area (Å²) in [6.07, 6.45) is 2.00. The van der Waals surface area contributed by atoms with Crippen LogP contribution in [0.5, 0.6) is 5.75 Å². The first-order chi connectivity index (χ1) is 9.74. The second-order valence-corrected chi connectivity index (χ2v) is 4.88. The van der Waals surface area contributed by atoms with Crippen molar-refractivity contribution in [1.82, 2.24) is 4.57 Å². The molecule has 1 heterocycles. The lowest BCUT2D eigenvalue weighted by molar-refractivity contribution is 0.415. The van der Waals surface area contributed by atoms with E-state index in [4.69, 9.17) is 10.00 Å². The van der Waals surface area contributed by atoms with Crippen LogP contribution in [-0.4, -0.2) is 11.7 Å². The standard InChI is InChI=1S/C16H14N2O2/c1-20-14-7-2-11(3-8-14)15-9-4-12(10-17)16(19)18(15)13-5-6-13/h2-4,7-9,13H,5-6H2,1H3. The van der Waals surface area contributed by atoms with E-state index < -0.39 is 0 Å². The third kappa shape index (κ3) is 2.08. The molecule has 20 heavy (non-hydrogen) atoms. The molecule has 3 rings (SSSR count). The minimum atomic E-state index is -0.191. The molecule has 2 aromatic rings. The maximum Gasteiger partial charge on any atom is 0.269 e. The normalized spacial score (nSPS) is 13.8. The summed E-state index contributed by atoms with van der Waals surface area (Å²) < 4.78 is 6.89. The third-order valence-electron chi connectivity index (χ3n) is 3.53. The SMILES string of the molecule is COc1ccc(-c2ccc(C#N)c(=O)n2C2CC2)cc1. The predicted octanol–water partition coefficient (Wildman–Crippen LogP) is 2.73. The molecule has 0 atom stereocenters. The molecule has 1 aromatic carbocycles. The third-order valence-corrected chi connectivity index (χ3v) is 3.53. The van der Waals surface area contributed by atoms with Gasteiger partial charge in [-0.25, -0.2) is 0 Å². The monoisotopic (exact) mass is 266 g/mol. The van der Waals surface area contributed by atoms with E-state index in [9.17, 15) is 4.79 Å². The van der Waals surface area contributed by atoms with E-state index in [1.165, 1.54) is 0 Å². The van der Waals surface area contributed by atoms with Gasteiger partial charge in [-0.3, -0.25) is 4.79 Å². The van der Waals surface area contributed by atoms with Gasteiger partial charge in [0.15, 0.2) is 0 Å². The van der Waals surface area contributed by atoms with Crippen LogP contribution in [0.4, 0.5) is 0 Å². The van der Waals surface area contributed by atoms with E-state index in [2.05, 4.69) is 0 Å². The average Bonchev–Trinajstić information content (AvgIpc) is 3.31. The summed E-state index contributed by atoms with van der Waals surface area (Å²) >= 11 is 0. The molecule has 1 saturated carbocycles. The van der Waals surface area contributed by atoms with Crippen molar-refractivity contribution in [2.75, 3.05) is 7.11 Å². The molecule has 100 valence electrons. The minimum Gasteiger partial charge on any atom is -0.497 e. The summed E-state index contributed by atoms with van der Waals surface area (Å²) in [6, 6.07) is 13.2. The van der Waals surface area contributed by atoms with Crippen LogP contribution in [0.1, 0.15) is 24.4 Å². The highest BCUT2D eigenvalue weighted by Crippen LogP contribution is 2.37. The molecule has 1 aliphatic carbocycles. The van der Waals surface area contributed by atoms with Crippen molar-refractivity contribution in [3.8, 4) is 23.1 Å². The number of aromatic nitrogens is 1. The number of benzene rings is 1. The number of methoxy groups -OCH3 is 1. The Morgan fingerprint density at radius 2 is 1.90 bits per heavy atom. The maximum atomic E-state index is 12.3. The first-order valence-corrected chi connectivity index (χ1v) is 6.54. The van der Waals surface area contributed by atoms with Crippen LogP contribution >= 0.6 is 0 Å². The summed E-state index contributed by atoms with van der Waals surface area (Å²) in [5.74, 6) is 0.780. The number of pyridine rings is 1. The molecule has 0 spiro atoms. The molecule has 1 aliphatic rings. The highest BCUT2D eigenvalue weighted by atomic mass is 16.5. The van der Waals surface area contributed by atoms with Gasteiger partial charge in [0.05, 0.1) is 12.8 Å². The molecule has 0 radical (unpaired) electrons. The lowest BCUT2D eigenvalue weighted by Gasteiger charge is -2.13. The summed E-state index contributed by atoms with van der Waals surface area (Å²) in [7, 11) is 1.62. The predicted molar refractivity (Wildman–Crippen MR) is 75.7 cm³/mol. The van der Waals surface area contributed by atoms with Gasteiger partial charge in [-0.05, 0) is 54.8 Å². The van der Waals surface area contributed by atoms with Crippen LogP contribution in [0, 0.1) is 11.3 Å². The Morgan fingerprint density at radius 1 is 1.20 bits per heavy atom. The molecule has 0 saturated heterocycles. The Hall–Kier alpha value is -2.54. The first-order valence-electron chi connectivity index (χ1n) is 6.54. The maximum absolute atomic E-state index is 12.3. The highest BCUT2D eigenvalue weighted by Gasteiger charge is 2.27. The van der Waals surface area contributed by atoms with Gasteiger partial charge in [0.25, 0.3) is 5.56 Å². The van der Waals surface area contributed by atoms with Crippen LogP contribution in [-0.2, 0) is 0 Å². The van der Waals surface area contributed by atoms with Crippen molar-refractivity contribution < 1.29 is 4.74 Å². The van der Waals surface area contributed by atoms with Crippen molar-refractivity contribution in [1.29, 1.82) is 5.26 Å². The molecular weight excluding hydrogens is 252 g/mol. The Labute approximate surface area is 116 Å². The fourth-order valence-electron chi connectivity index (χ4n) is 2.33. The number of hydrogen-bond acceptors (Lipinski definition) is 3. The average molecular weight is 266 g/mol. The van der Waals surface area contributed by atoms with Crippen LogP contribution in [0.25, 0.3) is 11.3 Å². The zero-order valence-corrected chi connectivity index (χ0v) is 11.2. The van der Waals surface area contributed by atoms with E-state index in [1.807, 2.05) is 36.4 Å². The summed E-state index contributed by atoms with van der Waals surface area (Å²) in [6.45, 7) is 0. The number of ether oxygens (including phenoxy) is 1. The second-order valence-electron chi connectivity index (χ2n) is 4.88. The molecule has 0 N–H and O–H groups in total. The molecule has 0 bridgehead atoms. The zero-order chi connectivity index (χ0) is 14.1. The second kappa shape index (κ2) is 4.86. The Kier molecular flexibility index (Phi) is 3.03. The van der Waals surface area contributed by atoms with Gasteiger partial charge >= 0.3 is 0 Å². The number of rotatable bonds is 3. The van der Waals surface area contributed by atoms with E-state index >= 15 is 0 Å². The number of nitrogens with zero attached hydrogens (tertiary/aromatic N) is 2.